The number of hydrogen-bond acceptors (Lipinski definition) is 7. The van der Waals surface area contributed by atoms with Gasteiger partial charge in [-0.05, 0) is 86.5 Å². The lowest BCUT2D eigenvalue weighted by atomic mass is 9.95. The molecular formula is C34H34ClFN4O5S. The van der Waals surface area contributed by atoms with Gasteiger partial charge in [0.1, 0.15) is 35.1 Å². The van der Waals surface area contributed by atoms with Crippen LogP contribution in [0.1, 0.15) is 71.4 Å². The number of carbonyl (C=O) groups excluding carboxylic acids is 1. The van der Waals surface area contributed by atoms with Crippen LogP contribution >= 0.6 is 23.7 Å². The Bertz CT molecular complexity index is 1840. The number of benzene rings is 3. The summed E-state index contributed by atoms with van der Waals surface area (Å²) in [6.07, 6.45) is 5.23. The highest BCUT2D eigenvalue weighted by atomic mass is 35.5. The van der Waals surface area contributed by atoms with E-state index in [1.54, 1.807) is 24.3 Å². The summed E-state index contributed by atoms with van der Waals surface area (Å²) >= 11 is 1.40. The second-order valence-electron chi connectivity index (χ2n) is 11.2. The van der Waals surface area contributed by atoms with E-state index >= 15 is 0 Å². The molecule has 3 aromatic carbocycles. The molecule has 0 bridgehead atoms. The highest BCUT2D eigenvalue weighted by molar-refractivity contribution is 7.12. The van der Waals surface area contributed by atoms with E-state index in [1.165, 1.54) is 29.9 Å². The number of amides is 1. The molecule has 240 valence electrons. The van der Waals surface area contributed by atoms with Gasteiger partial charge in [-0.3, -0.25) is 4.79 Å². The number of carbonyl (C=O) groups is 2. The van der Waals surface area contributed by atoms with Gasteiger partial charge in [-0.15, -0.1) is 23.7 Å². The second-order valence-corrected chi connectivity index (χ2v) is 12.3. The summed E-state index contributed by atoms with van der Waals surface area (Å²) in [7, 11) is 0. The third-order valence-corrected chi connectivity index (χ3v) is 9.15. The molecule has 1 aliphatic rings. The number of primary amides is 1. The van der Waals surface area contributed by atoms with E-state index < -0.39 is 18.0 Å². The highest BCUT2D eigenvalue weighted by Gasteiger charge is 2.24. The van der Waals surface area contributed by atoms with Crippen LogP contribution in [0.2, 0.25) is 0 Å². The largest absolute Gasteiger partial charge is 0.485 e. The standard InChI is InChI=1S/C34H33FN4O5S.ClH/c1-20(32-31(21-7-12-24(35)13-8-21)38-30(45-32)19-43-18-29(36)40)44-26-14-9-22(10-15-26)33-37-27-17-23(34(41)42)11-16-28(27)39(33)25-5-3-2-4-6-25;/h7-17,20,25H,2-6,18-19H2,1H3,(H2,36,40)(H,41,42);1H. The molecule has 9 nitrogen and oxygen atoms in total. The number of carboxylic acid groups (broad SMARTS) is 1. The Morgan fingerprint density at radius 1 is 1.02 bits per heavy atom. The second kappa shape index (κ2) is 14.4. The lowest BCUT2D eigenvalue weighted by molar-refractivity contribution is -0.122. The van der Waals surface area contributed by atoms with Gasteiger partial charge >= 0.3 is 5.97 Å². The molecule has 1 aliphatic carbocycles. The van der Waals surface area contributed by atoms with Crippen molar-refractivity contribution in [2.75, 3.05) is 6.61 Å². The van der Waals surface area contributed by atoms with Crippen LogP contribution in [0.5, 0.6) is 5.75 Å². The van der Waals surface area contributed by atoms with Crippen molar-refractivity contribution >= 4 is 46.7 Å². The monoisotopic (exact) mass is 664 g/mol. The summed E-state index contributed by atoms with van der Waals surface area (Å²) < 4.78 is 27.7. The van der Waals surface area contributed by atoms with Gasteiger partial charge in [-0.2, -0.15) is 0 Å². The first-order valence-electron chi connectivity index (χ1n) is 14.9. The van der Waals surface area contributed by atoms with Gasteiger partial charge in [0.2, 0.25) is 5.91 Å². The summed E-state index contributed by atoms with van der Waals surface area (Å²) in [6, 6.07) is 19.3. The van der Waals surface area contributed by atoms with Crippen molar-refractivity contribution in [2.45, 2.75) is 57.8 Å². The molecule has 0 saturated heterocycles. The fourth-order valence-corrected chi connectivity index (χ4v) is 6.86. The van der Waals surface area contributed by atoms with E-state index in [9.17, 15) is 19.1 Å². The van der Waals surface area contributed by atoms with Crippen LogP contribution < -0.4 is 10.5 Å². The quantitative estimate of drug-likeness (QED) is 0.148. The van der Waals surface area contributed by atoms with Gasteiger partial charge in [0.05, 0.1) is 33.8 Å². The van der Waals surface area contributed by atoms with E-state index in [4.69, 9.17) is 25.2 Å². The van der Waals surface area contributed by atoms with Gasteiger partial charge in [-0.1, -0.05) is 19.3 Å². The summed E-state index contributed by atoms with van der Waals surface area (Å²) in [6.45, 7) is 1.82. The molecule has 0 radical (unpaired) electrons. The maximum absolute atomic E-state index is 13.7. The molecule has 2 aromatic heterocycles. The minimum absolute atomic E-state index is 0. The van der Waals surface area contributed by atoms with E-state index in [0.29, 0.717) is 28.0 Å². The smallest absolute Gasteiger partial charge is 0.335 e. The molecule has 1 atom stereocenters. The SMILES string of the molecule is CC(Oc1ccc(-c2nc3cc(C(=O)O)ccc3n2C2CCCCC2)cc1)c1sc(COCC(N)=O)nc1-c1ccc(F)cc1.Cl. The minimum atomic E-state index is -0.977. The van der Waals surface area contributed by atoms with E-state index in [-0.39, 0.29) is 37.0 Å². The predicted molar refractivity (Wildman–Crippen MR) is 177 cm³/mol. The van der Waals surface area contributed by atoms with Crippen LogP contribution in [0.4, 0.5) is 4.39 Å². The van der Waals surface area contributed by atoms with Gasteiger partial charge in [0, 0.05) is 17.2 Å². The molecule has 12 heteroatoms. The first kappa shape index (κ1) is 33.1. The average Bonchev–Trinajstić information content (AvgIpc) is 3.64. The molecule has 3 N–H and O–H groups in total. The number of carboxylic acids is 1. The van der Waals surface area contributed by atoms with Gasteiger partial charge in [-0.25, -0.2) is 19.2 Å². The van der Waals surface area contributed by atoms with Crippen LogP contribution in [0.3, 0.4) is 0 Å². The number of nitrogens with zero attached hydrogens (tertiary/aromatic N) is 3. The van der Waals surface area contributed by atoms with Crippen LogP contribution in [0, 0.1) is 5.82 Å². The first-order chi connectivity index (χ1) is 21.8. The zero-order chi connectivity index (χ0) is 31.5. The number of rotatable bonds is 11. The van der Waals surface area contributed by atoms with E-state index in [1.807, 2.05) is 37.3 Å². The Kier molecular flexibility index (Phi) is 10.4. The topological polar surface area (TPSA) is 130 Å². The maximum Gasteiger partial charge on any atom is 0.335 e. The Balaban J connectivity index is 0.00000417. The number of thiazole rings is 1. The Morgan fingerprint density at radius 3 is 2.39 bits per heavy atom. The zero-order valence-corrected chi connectivity index (χ0v) is 26.8. The van der Waals surface area contributed by atoms with Crippen molar-refractivity contribution in [1.82, 2.24) is 14.5 Å². The first-order valence-corrected chi connectivity index (χ1v) is 15.7. The lowest BCUT2D eigenvalue weighted by Gasteiger charge is -2.25. The number of imidazole rings is 1. The van der Waals surface area contributed by atoms with Crippen molar-refractivity contribution in [3.05, 3.63) is 88.0 Å². The number of nitrogens with two attached hydrogens (primary N) is 1. The molecule has 0 aliphatic heterocycles. The van der Waals surface area contributed by atoms with Crippen LogP contribution in [-0.2, 0) is 16.1 Å². The van der Waals surface area contributed by atoms with Crippen LogP contribution in [0.25, 0.3) is 33.7 Å². The zero-order valence-electron chi connectivity index (χ0n) is 25.1. The molecule has 0 spiro atoms. The lowest BCUT2D eigenvalue weighted by Crippen LogP contribution is -2.17. The van der Waals surface area contributed by atoms with Gasteiger partial charge < -0.3 is 24.9 Å². The Morgan fingerprint density at radius 2 is 1.72 bits per heavy atom. The van der Waals surface area contributed by atoms with Gasteiger partial charge in [0.25, 0.3) is 0 Å². The third kappa shape index (κ3) is 7.22. The summed E-state index contributed by atoms with van der Waals surface area (Å²) in [5.74, 6) is -0.435. The number of aromatic carboxylic acids is 1. The number of halogens is 2. The fourth-order valence-electron chi connectivity index (χ4n) is 5.85. The molecule has 1 unspecified atom stereocenters. The number of aromatic nitrogens is 3. The van der Waals surface area contributed by atoms with Crippen LogP contribution in [-0.4, -0.2) is 38.1 Å². The van der Waals surface area contributed by atoms with Crippen molar-refractivity contribution in [3.63, 3.8) is 0 Å². The molecule has 1 fully saturated rings. The highest BCUT2D eigenvalue weighted by Crippen LogP contribution is 2.38. The summed E-state index contributed by atoms with van der Waals surface area (Å²) in [5.41, 5.74) is 9.32. The molecule has 5 aromatic rings. The van der Waals surface area contributed by atoms with Gasteiger partial charge in [0.15, 0.2) is 0 Å². The predicted octanol–water partition coefficient (Wildman–Crippen LogP) is 7.73. The van der Waals surface area contributed by atoms with E-state index in [2.05, 4.69) is 4.57 Å². The molecule has 46 heavy (non-hydrogen) atoms. The number of ether oxygens (including phenoxy) is 2. The third-order valence-electron chi connectivity index (χ3n) is 7.96. The molecular weight excluding hydrogens is 631 g/mol. The number of fused-ring (bicyclic) bond motifs is 1. The van der Waals surface area contributed by atoms with Crippen molar-refractivity contribution in [2.24, 2.45) is 5.73 Å². The average molecular weight is 665 g/mol. The number of hydrogen-bond donors (Lipinski definition) is 2. The molecule has 1 saturated carbocycles. The molecule has 1 amide bonds. The Hall–Kier alpha value is -4.32. The molecule has 6 rings (SSSR count). The van der Waals surface area contributed by atoms with E-state index in [0.717, 1.165) is 53.0 Å². The molecule has 2 heterocycles. The normalized spacial score (nSPS) is 14.1. The van der Waals surface area contributed by atoms with Crippen molar-refractivity contribution < 1.29 is 28.6 Å². The fraction of sp³-hybridized carbons (Fsp3) is 0.294. The van der Waals surface area contributed by atoms with Crippen LogP contribution in [0.15, 0.2) is 66.7 Å². The Labute approximate surface area is 275 Å². The van der Waals surface area contributed by atoms with Crippen molar-refractivity contribution in [3.8, 4) is 28.4 Å². The summed E-state index contributed by atoms with van der Waals surface area (Å²) in [4.78, 5) is 33.2. The van der Waals surface area contributed by atoms with Crippen molar-refractivity contribution in [1.29, 1.82) is 0 Å². The maximum atomic E-state index is 13.7. The summed E-state index contributed by atoms with van der Waals surface area (Å²) in [5, 5.41) is 10.2. The minimum Gasteiger partial charge on any atom is -0.485 e.